The number of hydrogen-bond acceptors (Lipinski definition) is 4. The summed E-state index contributed by atoms with van der Waals surface area (Å²) >= 11 is 0. The number of carbonyl (C=O) groups excluding carboxylic acids is 2. The van der Waals surface area contributed by atoms with E-state index in [2.05, 4.69) is 10.6 Å². The Balaban J connectivity index is 1.51. The molecule has 0 aliphatic carbocycles. The number of hydrogen-bond donors (Lipinski definition) is 2. The lowest BCUT2D eigenvalue weighted by atomic mass is 9.95. The molecule has 0 aliphatic heterocycles. The second-order valence-electron chi connectivity index (χ2n) is 13.3. The molecule has 8 nitrogen and oxygen atoms in total. The van der Waals surface area contributed by atoms with Crippen LogP contribution in [0.5, 0.6) is 0 Å². The Morgan fingerprint density at radius 2 is 0.589 bits per heavy atom. The Labute approximate surface area is 320 Å². The van der Waals surface area contributed by atoms with Crippen molar-refractivity contribution in [2.45, 2.75) is 0 Å². The van der Waals surface area contributed by atoms with Crippen LogP contribution in [0.1, 0.15) is 21.0 Å². The van der Waals surface area contributed by atoms with Crippen LogP contribution in [0.15, 0.2) is 192 Å². The molecule has 6 aromatic carbocycles. The summed E-state index contributed by atoms with van der Waals surface area (Å²) in [6.07, 6.45) is 0. The normalized spacial score (nSPS) is 11.1. The van der Waals surface area contributed by atoms with E-state index in [1.165, 1.54) is 8.80 Å². The summed E-state index contributed by atoms with van der Waals surface area (Å²) in [6, 6.07) is 54.9. The van der Waals surface area contributed by atoms with E-state index < -0.39 is 22.9 Å². The molecule has 2 amide bonds. The molecular formula is C48H32N4O4. The van der Waals surface area contributed by atoms with Crippen molar-refractivity contribution in [1.82, 2.24) is 8.80 Å². The first kappa shape index (κ1) is 34.0. The molecule has 3 aromatic heterocycles. The van der Waals surface area contributed by atoms with Gasteiger partial charge in [0.15, 0.2) is 0 Å². The molecule has 9 aromatic rings. The van der Waals surface area contributed by atoms with Crippen molar-refractivity contribution in [1.29, 1.82) is 0 Å². The molecule has 8 heteroatoms. The maximum absolute atomic E-state index is 15.7. The number of nitrogens with zero attached hydrogens (tertiary/aromatic N) is 2. The van der Waals surface area contributed by atoms with Crippen molar-refractivity contribution in [3.63, 3.8) is 0 Å². The Morgan fingerprint density at radius 1 is 0.339 bits per heavy atom. The van der Waals surface area contributed by atoms with Crippen LogP contribution in [0, 0.1) is 0 Å². The lowest BCUT2D eigenvalue weighted by Gasteiger charge is -2.10. The third-order valence-electron chi connectivity index (χ3n) is 9.90. The molecule has 0 saturated carbocycles. The van der Waals surface area contributed by atoms with Gasteiger partial charge in [-0.25, -0.2) is 0 Å². The number of carbonyl (C=O) groups is 2. The molecule has 0 radical (unpaired) electrons. The van der Waals surface area contributed by atoms with Crippen LogP contribution >= 0.6 is 0 Å². The SMILES string of the molecule is O=C(Nc1ccccc1)c1c(-c2ccccc2)c(-c2ccccc2)c2c(=O)n3c(C(=O)Nc4ccccc4)c(-c4ccccc4)c(-c4ccccc4)c3c(=O)n12. The average Bonchev–Trinajstić information content (AvgIpc) is 3.81. The number of fused-ring (bicyclic) bond motifs is 2. The molecule has 0 saturated heterocycles. The highest BCUT2D eigenvalue weighted by atomic mass is 16.2. The van der Waals surface area contributed by atoms with Gasteiger partial charge in [-0.1, -0.05) is 158 Å². The molecule has 0 spiro atoms. The van der Waals surface area contributed by atoms with Gasteiger partial charge in [0.25, 0.3) is 22.9 Å². The van der Waals surface area contributed by atoms with Gasteiger partial charge in [-0.2, -0.15) is 0 Å². The Morgan fingerprint density at radius 3 is 0.875 bits per heavy atom. The minimum Gasteiger partial charge on any atom is -0.321 e. The van der Waals surface area contributed by atoms with Gasteiger partial charge >= 0.3 is 0 Å². The van der Waals surface area contributed by atoms with Crippen molar-refractivity contribution in [3.05, 3.63) is 214 Å². The lowest BCUT2D eigenvalue weighted by Crippen LogP contribution is -2.31. The zero-order valence-electron chi connectivity index (χ0n) is 29.8. The molecule has 268 valence electrons. The third-order valence-corrected chi connectivity index (χ3v) is 9.90. The Kier molecular flexibility index (Phi) is 8.60. The maximum Gasteiger partial charge on any atom is 0.280 e. The van der Waals surface area contributed by atoms with E-state index in [0.717, 1.165) is 0 Å². The smallest absolute Gasteiger partial charge is 0.280 e. The van der Waals surface area contributed by atoms with Gasteiger partial charge < -0.3 is 10.6 Å². The van der Waals surface area contributed by atoms with Gasteiger partial charge in [0.2, 0.25) is 0 Å². The average molecular weight is 729 g/mol. The van der Waals surface area contributed by atoms with Crippen LogP contribution in [0.2, 0.25) is 0 Å². The maximum atomic E-state index is 15.7. The number of anilines is 2. The van der Waals surface area contributed by atoms with Crippen LogP contribution in [0.4, 0.5) is 11.4 Å². The fourth-order valence-electron chi connectivity index (χ4n) is 7.56. The van der Waals surface area contributed by atoms with Gasteiger partial charge in [0.05, 0.1) is 0 Å². The van der Waals surface area contributed by atoms with Crippen molar-refractivity contribution in [2.24, 2.45) is 0 Å². The fraction of sp³-hybridized carbons (Fsp3) is 0. The largest absolute Gasteiger partial charge is 0.321 e. The number of rotatable bonds is 8. The molecule has 0 bridgehead atoms. The molecule has 0 unspecified atom stereocenters. The highest BCUT2D eigenvalue weighted by Crippen LogP contribution is 2.42. The minimum absolute atomic E-state index is 0.00438. The van der Waals surface area contributed by atoms with E-state index in [9.17, 15) is 9.59 Å². The molecule has 2 N–H and O–H groups in total. The standard InChI is InChI=1S/C48H32N4O4/c53-45(49-35-27-15-5-16-28-35)41-37(31-19-7-1-8-20-31)39(33-23-11-3-12-24-33)43-47(55)52-42(46(54)50-36-29-17-6-18-30-36)38(32-21-9-2-10-22-32)40(34-25-13-4-14-26-34)44(52)48(56)51(41)43/h1-30H,(H,49,53)(H,50,54). The summed E-state index contributed by atoms with van der Waals surface area (Å²) in [5.74, 6) is -1.16. The van der Waals surface area contributed by atoms with E-state index in [1.807, 2.05) is 133 Å². The summed E-state index contributed by atoms with van der Waals surface area (Å²) in [5.41, 5.74) is 3.80. The predicted molar refractivity (Wildman–Crippen MR) is 223 cm³/mol. The predicted octanol–water partition coefficient (Wildman–Crippen LogP) is 9.52. The summed E-state index contributed by atoms with van der Waals surface area (Å²) in [5, 5.41) is 5.97. The summed E-state index contributed by atoms with van der Waals surface area (Å²) in [4.78, 5) is 61.0. The van der Waals surface area contributed by atoms with Crippen LogP contribution in [-0.2, 0) is 0 Å². The number of benzene rings is 6. The fourth-order valence-corrected chi connectivity index (χ4v) is 7.56. The third kappa shape index (κ3) is 5.73. The zero-order valence-corrected chi connectivity index (χ0v) is 29.8. The molecule has 0 fully saturated rings. The number of aromatic nitrogens is 2. The van der Waals surface area contributed by atoms with Crippen molar-refractivity contribution in [2.75, 3.05) is 10.6 Å². The van der Waals surface area contributed by atoms with Gasteiger partial charge in [-0.05, 0) is 46.5 Å². The summed E-state index contributed by atoms with van der Waals surface area (Å²) in [7, 11) is 0. The van der Waals surface area contributed by atoms with Gasteiger partial charge in [0.1, 0.15) is 22.4 Å². The molecule has 3 heterocycles. The van der Waals surface area contributed by atoms with Crippen LogP contribution < -0.4 is 21.8 Å². The lowest BCUT2D eigenvalue weighted by molar-refractivity contribution is 0.101. The molecule has 0 atom stereocenters. The van der Waals surface area contributed by atoms with Crippen LogP contribution in [0.25, 0.3) is 55.5 Å². The van der Waals surface area contributed by atoms with Crippen molar-refractivity contribution in [3.8, 4) is 44.5 Å². The van der Waals surface area contributed by atoms with Crippen LogP contribution in [-0.4, -0.2) is 20.6 Å². The molecular weight excluding hydrogens is 697 g/mol. The Hall–Kier alpha value is -7.84. The van der Waals surface area contributed by atoms with Gasteiger partial charge in [0, 0.05) is 33.6 Å². The molecule has 56 heavy (non-hydrogen) atoms. The molecule has 9 rings (SSSR count). The second-order valence-corrected chi connectivity index (χ2v) is 13.3. The van der Waals surface area contributed by atoms with E-state index in [4.69, 9.17) is 0 Å². The van der Waals surface area contributed by atoms with Crippen LogP contribution in [0.3, 0.4) is 0 Å². The molecule has 0 aliphatic rings. The topological polar surface area (TPSA) is 101 Å². The summed E-state index contributed by atoms with van der Waals surface area (Å²) in [6.45, 7) is 0. The number of amides is 2. The number of para-hydroxylation sites is 2. The van der Waals surface area contributed by atoms with E-state index in [1.54, 1.807) is 48.5 Å². The first-order valence-electron chi connectivity index (χ1n) is 18.1. The second kappa shape index (κ2) is 14.2. The quantitative estimate of drug-likeness (QED) is 0.163. The summed E-state index contributed by atoms with van der Waals surface area (Å²) < 4.78 is 2.50. The van der Waals surface area contributed by atoms with Gasteiger partial charge in [-0.3, -0.25) is 28.0 Å². The highest BCUT2D eigenvalue weighted by Gasteiger charge is 2.35. The van der Waals surface area contributed by atoms with Gasteiger partial charge in [-0.15, -0.1) is 0 Å². The highest BCUT2D eigenvalue weighted by molar-refractivity contribution is 6.16. The zero-order chi connectivity index (χ0) is 38.2. The van der Waals surface area contributed by atoms with E-state index in [-0.39, 0.29) is 22.4 Å². The first-order valence-corrected chi connectivity index (χ1v) is 18.1. The Bertz CT molecular complexity index is 2800. The van der Waals surface area contributed by atoms with E-state index >= 15 is 9.59 Å². The van der Waals surface area contributed by atoms with Crippen molar-refractivity contribution >= 4 is 34.2 Å². The van der Waals surface area contributed by atoms with E-state index in [0.29, 0.717) is 55.9 Å². The monoisotopic (exact) mass is 728 g/mol. The number of nitrogens with one attached hydrogen (secondary N) is 2. The first-order chi connectivity index (χ1) is 27.5. The minimum atomic E-state index is -0.632. The van der Waals surface area contributed by atoms with Crippen molar-refractivity contribution < 1.29 is 9.59 Å².